The van der Waals surface area contributed by atoms with Crippen LogP contribution in [-0.2, 0) is 29.1 Å². The van der Waals surface area contributed by atoms with Crippen LogP contribution in [0.3, 0.4) is 0 Å². The van der Waals surface area contributed by atoms with E-state index in [1.807, 2.05) is 19.9 Å². The van der Waals surface area contributed by atoms with E-state index in [0.717, 1.165) is 46.2 Å². The quantitative estimate of drug-likeness (QED) is 0.435. The molecule has 6 rings (SSSR count). The molecule has 170 valence electrons. The Morgan fingerprint density at radius 3 is 2.73 bits per heavy atom. The van der Waals surface area contributed by atoms with Gasteiger partial charge in [-0.15, -0.1) is 0 Å². The van der Waals surface area contributed by atoms with E-state index in [4.69, 9.17) is 9.72 Å². The standard InChI is InChI=1S/C26H26FN3O3/c1-5-13-15-8-21-24-16(10-30(21)25(31)17(15)11-33-26(13)32)23-20(29(3)4)7-6-14-12(2)18(27)9-19(28-24)22(14)23/h8-9,13,20H,5-7,10-11H2,1-4H3. The number of cyclic esters (lactones) is 1. The molecule has 3 aromatic rings. The largest absolute Gasteiger partial charge is 0.460 e. The van der Waals surface area contributed by atoms with Crippen molar-refractivity contribution in [2.45, 2.75) is 58.2 Å². The maximum atomic E-state index is 14.8. The molecule has 0 N–H and O–H groups in total. The summed E-state index contributed by atoms with van der Waals surface area (Å²) < 4.78 is 21.9. The Kier molecular flexibility index (Phi) is 4.34. The van der Waals surface area contributed by atoms with Gasteiger partial charge in [0.25, 0.3) is 5.56 Å². The SMILES string of the molecule is CCC1C(=O)OCc2c1cc1n(c2=O)Cc2c-1nc1cc(F)c(C)c3c1c2C(N(C)C)CC3. The first-order chi connectivity index (χ1) is 15.8. The maximum absolute atomic E-state index is 14.8. The zero-order valence-electron chi connectivity index (χ0n) is 19.3. The topological polar surface area (TPSA) is 64.4 Å². The molecule has 0 amide bonds. The number of nitrogens with zero attached hydrogens (tertiary/aromatic N) is 3. The Morgan fingerprint density at radius 1 is 1.21 bits per heavy atom. The first kappa shape index (κ1) is 20.5. The molecule has 0 bridgehead atoms. The third-order valence-corrected chi connectivity index (χ3v) is 7.79. The van der Waals surface area contributed by atoms with Crippen molar-refractivity contribution in [3.8, 4) is 11.4 Å². The Balaban J connectivity index is 1.69. The summed E-state index contributed by atoms with van der Waals surface area (Å²) in [4.78, 5) is 33.0. The van der Waals surface area contributed by atoms with Gasteiger partial charge in [-0.05, 0) is 68.6 Å². The number of pyridine rings is 2. The second-order valence-electron chi connectivity index (χ2n) is 9.65. The number of benzene rings is 1. The number of carbonyl (C=O) groups is 1. The summed E-state index contributed by atoms with van der Waals surface area (Å²) in [6, 6.07) is 3.64. The maximum Gasteiger partial charge on any atom is 0.313 e. The lowest BCUT2D eigenvalue weighted by Gasteiger charge is -2.33. The number of ether oxygens (including phenoxy) is 1. The van der Waals surface area contributed by atoms with Crippen LogP contribution in [0.2, 0.25) is 0 Å². The monoisotopic (exact) mass is 447 g/mol. The number of halogens is 1. The molecule has 1 aromatic carbocycles. The summed E-state index contributed by atoms with van der Waals surface area (Å²) in [6.07, 6.45) is 2.25. The van der Waals surface area contributed by atoms with E-state index >= 15 is 0 Å². The lowest BCUT2D eigenvalue weighted by Crippen LogP contribution is -2.32. The number of carbonyl (C=O) groups excluding carboxylic acids is 1. The van der Waals surface area contributed by atoms with Crippen molar-refractivity contribution in [3.05, 3.63) is 61.7 Å². The van der Waals surface area contributed by atoms with Gasteiger partial charge >= 0.3 is 5.97 Å². The van der Waals surface area contributed by atoms with Gasteiger partial charge < -0.3 is 14.2 Å². The smallest absolute Gasteiger partial charge is 0.313 e. The van der Waals surface area contributed by atoms with Crippen molar-refractivity contribution >= 4 is 16.9 Å². The first-order valence-electron chi connectivity index (χ1n) is 11.6. The van der Waals surface area contributed by atoms with Gasteiger partial charge in [0, 0.05) is 23.1 Å². The van der Waals surface area contributed by atoms with Gasteiger partial charge in [-0.25, -0.2) is 9.37 Å². The van der Waals surface area contributed by atoms with E-state index in [9.17, 15) is 14.0 Å². The van der Waals surface area contributed by atoms with Crippen molar-refractivity contribution in [1.82, 2.24) is 14.5 Å². The van der Waals surface area contributed by atoms with Crippen molar-refractivity contribution in [2.75, 3.05) is 14.1 Å². The van der Waals surface area contributed by atoms with E-state index in [0.29, 0.717) is 35.3 Å². The van der Waals surface area contributed by atoms with E-state index in [2.05, 4.69) is 19.0 Å². The van der Waals surface area contributed by atoms with Crippen LogP contribution in [0.25, 0.3) is 22.3 Å². The number of esters is 1. The third kappa shape index (κ3) is 2.66. The summed E-state index contributed by atoms with van der Waals surface area (Å²) in [7, 11) is 4.12. The number of hydrogen-bond acceptors (Lipinski definition) is 5. The molecule has 1 aliphatic carbocycles. The van der Waals surface area contributed by atoms with Crippen LogP contribution in [-0.4, -0.2) is 34.5 Å². The normalized spacial score (nSPS) is 20.6. The van der Waals surface area contributed by atoms with Crippen molar-refractivity contribution in [3.63, 3.8) is 0 Å². The van der Waals surface area contributed by atoms with Gasteiger partial charge in [0.15, 0.2) is 0 Å². The number of fused-ring (bicyclic) bond motifs is 5. The average molecular weight is 448 g/mol. The Morgan fingerprint density at radius 2 is 2.00 bits per heavy atom. The zero-order chi connectivity index (χ0) is 23.2. The molecule has 0 saturated carbocycles. The summed E-state index contributed by atoms with van der Waals surface area (Å²) >= 11 is 0. The second-order valence-corrected chi connectivity index (χ2v) is 9.65. The molecule has 33 heavy (non-hydrogen) atoms. The molecule has 4 heterocycles. The van der Waals surface area contributed by atoms with Crippen LogP contribution in [0.4, 0.5) is 4.39 Å². The fourth-order valence-corrected chi connectivity index (χ4v) is 6.07. The average Bonchev–Trinajstić information content (AvgIpc) is 3.16. The van der Waals surface area contributed by atoms with E-state index in [1.165, 1.54) is 6.07 Å². The summed E-state index contributed by atoms with van der Waals surface area (Å²) in [5.41, 5.74) is 7.17. The Labute approximate surface area is 191 Å². The zero-order valence-corrected chi connectivity index (χ0v) is 19.3. The van der Waals surface area contributed by atoms with Crippen molar-refractivity contribution in [2.24, 2.45) is 0 Å². The fourth-order valence-electron chi connectivity index (χ4n) is 6.07. The van der Waals surface area contributed by atoms with Crippen LogP contribution in [0.5, 0.6) is 0 Å². The molecule has 2 aromatic heterocycles. The Hall–Kier alpha value is -3.06. The Bertz CT molecular complexity index is 1440. The molecular formula is C26H26FN3O3. The molecule has 0 saturated heterocycles. The number of hydrogen-bond donors (Lipinski definition) is 0. The minimum Gasteiger partial charge on any atom is -0.460 e. The predicted molar refractivity (Wildman–Crippen MR) is 123 cm³/mol. The molecule has 0 radical (unpaired) electrons. The highest BCUT2D eigenvalue weighted by atomic mass is 19.1. The summed E-state index contributed by atoms with van der Waals surface area (Å²) in [6.45, 7) is 4.20. The fraction of sp³-hybridized carbons (Fsp3) is 0.423. The van der Waals surface area contributed by atoms with Gasteiger partial charge in [-0.3, -0.25) is 9.59 Å². The van der Waals surface area contributed by atoms with Crippen molar-refractivity contribution < 1.29 is 13.9 Å². The minimum atomic E-state index is -0.448. The molecule has 2 unspecified atom stereocenters. The molecule has 0 fully saturated rings. The van der Waals surface area contributed by atoms with Crippen LogP contribution in [0.1, 0.15) is 65.1 Å². The van der Waals surface area contributed by atoms with Gasteiger partial charge in [-0.1, -0.05) is 6.92 Å². The molecule has 2 atom stereocenters. The van der Waals surface area contributed by atoms with Gasteiger partial charge in [0.1, 0.15) is 12.4 Å². The van der Waals surface area contributed by atoms with Gasteiger partial charge in [0.2, 0.25) is 0 Å². The molecule has 7 heteroatoms. The molecule has 6 nitrogen and oxygen atoms in total. The molecule has 0 spiro atoms. The highest BCUT2D eigenvalue weighted by Gasteiger charge is 2.37. The highest BCUT2D eigenvalue weighted by molar-refractivity contribution is 5.93. The predicted octanol–water partition coefficient (Wildman–Crippen LogP) is 3.97. The van der Waals surface area contributed by atoms with E-state index in [-0.39, 0.29) is 30.0 Å². The van der Waals surface area contributed by atoms with Crippen LogP contribution >= 0.6 is 0 Å². The highest BCUT2D eigenvalue weighted by Crippen LogP contribution is 2.46. The van der Waals surface area contributed by atoms with Crippen LogP contribution in [0.15, 0.2) is 16.9 Å². The second kappa shape index (κ2) is 6.97. The van der Waals surface area contributed by atoms with E-state index in [1.54, 1.807) is 4.57 Å². The van der Waals surface area contributed by atoms with Crippen LogP contribution < -0.4 is 5.56 Å². The first-order valence-corrected chi connectivity index (χ1v) is 11.6. The lowest BCUT2D eigenvalue weighted by molar-refractivity contribution is -0.148. The molecular weight excluding hydrogens is 421 g/mol. The minimum absolute atomic E-state index is 0.0112. The van der Waals surface area contributed by atoms with Crippen LogP contribution in [0, 0.1) is 12.7 Å². The number of rotatable bonds is 2. The molecule has 3 aliphatic rings. The molecule has 2 aliphatic heterocycles. The number of aryl methyl sites for hydroxylation is 1. The summed E-state index contributed by atoms with van der Waals surface area (Å²) in [5.74, 6) is -0.978. The lowest BCUT2D eigenvalue weighted by atomic mass is 9.81. The van der Waals surface area contributed by atoms with E-state index < -0.39 is 5.92 Å². The third-order valence-electron chi connectivity index (χ3n) is 7.79. The van der Waals surface area contributed by atoms with Gasteiger partial charge in [-0.2, -0.15) is 0 Å². The number of aromatic nitrogens is 2. The van der Waals surface area contributed by atoms with Gasteiger partial charge in [0.05, 0.1) is 34.9 Å². The van der Waals surface area contributed by atoms with Crippen molar-refractivity contribution in [1.29, 1.82) is 0 Å². The summed E-state index contributed by atoms with van der Waals surface area (Å²) in [5, 5.41) is 1.04.